The Morgan fingerprint density at radius 1 is 1.26 bits per heavy atom. The lowest BCUT2D eigenvalue weighted by atomic mass is 10.2. The van der Waals surface area contributed by atoms with Crippen LogP contribution in [0.1, 0.15) is 12.0 Å². The molecule has 0 radical (unpaired) electrons. The van der Waals surface area contributed by atoms with E-state index in [0.717, 1.165) is 5.56 Å². The van der Waals surface area contributed by atoms with Gasteiger partial charge in [0.1, 0.15) is 5.75 Å². The van der Waals surface area contributed by atoms with Gasteiger partial charge in [0.25, 0.3) is 0 Å². The fourth-order valence-electron chi connectivity index (χ4n) is 2.90. The smallest absolute Gasteiger partial charge is 0.239 e. The maximum atomic E-state index is 12.1. The van der Waals surface area contributed by atoms with Crippen LogP contribution in [-0.2, 0) is 14.6 Å². The van der Waals surface area contributed by atoms with Crippen LogP contribution in [-0.4, -0.2) is 38.4 Å². The third-order valence-electron chi connectivity index (χ3n) is 4.20. The molecule has 1 amide bonds. The standard InChI is InChI=1S/C19H21ClN2O4S/c1-13-3-2-4-16(9-13)26-18-6-5-14(20)10-17(18)21-11-19(23)22-15-7-8-27(24,25)12-15/h2-6,9-10,15,21H,7-8,11-12H2,1H3,(H,22,23)/t15-/m0/s1. The Labute approximate surface area is 163 Å². The van der Waals surface area contributed by atoms with E-state index in [1.54, 1.807) is 18.2 Å². The Kier molecular flexibility index (Phi) is 5.92. The minimum Gasteiger partial charge on any atom is -0.455 e. The molecule has 3 rings (SSSR count). The average molecular weight is 409 g/mol. The summed E-state index contributed by atoms with van der Waals surface area (Å²) in [4.78, 5) is 12.1. The number of aryl methyl sites for hydroxylation is 1. The minimum atomic E-state index is -3.03. The molecule has 0 spiro atoms. The highest BCUT2D eigenvalue weighted by atomic mass is 35.5. The first-order valence-corrected chi connectivity index (χ1v) is 10.8. The van der Waals surface area contributed by atoms with Gasteiger partial charge in [-0.1, -0.05) is 23.7 Å². The van der Waals surface area contributed by atoms with Crippen LogP contribution in [0.5, 0.6) is 11.5 Å². The number of halogens is 1. The predicted molar refractivity (Wildman–Crippen MR) is 106 cm³/mol. The van der Waals surface area contributed by atoms with E-state index in [1.165, 1.54) is 0 Å². The van der Waals surface area contributed by atoms with E-state index in [1.807, 2.05) is 31.2 Å². The molecule has 144 valence electrons. The van der Waals surface area contributed by atoms with Gasteiger partial charge < -0.3 is 15.4 Å². The average Bonchev–Trinajstić information content (AvgIpc) is 2.93. The Morgan fingerprint density at radius 3 is 2.78 bits per heavy atom. The lowest BCUT2D eigenvalue weighted by molar-refractivity contribution is -0.119. The van der Waals surface area contributed by atoms with Crippen molar-refractivity contribution in [3.05, 3.63) is 53.1 Å². The molecule has 0 bridgehead atoms. The topological polar surface area (TPSA) is 84.5 Å². The van der Waals surface area contributed by atoms with Crippen molar-refractivity contribution in [2.45, 2.75) is 19.4 Å². The van der Waals surface area contributed by atoms with Gasteiger partial charge in [0, 0.05) is 11.1 Å². The molecule has 2 aromatic carbocycles. The number of carbonyl (C=O) groups excluding carboxylic acids is 1. The van der Waals surface area contributed by atoms with Crippen molar-refractivity contribution < 1.29 is 17.9 Å². The van der Waals surface area contributed by atoms with E-state index >= 15 is 0 Å². The van der Waals surface area contributed by atoms with Gasteiger partial charge in [0.05, 0.1) is 23.7 Å². The van der Waals surface area contributed by atoms with E-state index in [4.69, 9.17) is 16.3 Å². The Balaban J connectivity index is 1.64. The Hall–Kier alpha value is -2.25. The number of anilines is 1. The lowest BCUT2D eigenvalue weighted by Crippen LogP contribution is -2.39. The molecule has 1 aliphatic heterocycles. The number of nitrogens with one attached hydrogen (secondary N) is 2. The van der Waals surface area contributed by atoms with Gasteiger partial charge in [0.2, 0.25) is 5.91 Å². The quantitative estimate of drug-likeness (QED) is 0.767. The van der Waals surface area contributed by atoms with Gasteiger partial charge in [-0.3, -0.25) is 4.79 Å². The van der Waals surface area contributed by atoms with Crippen molar-refractivity contribution in [3.8, 4) is 11.5 Å². The maximum absolute atomic E-state index is 12.1. The predicted octanol–water partition coefficient (Wildman–Crippen LogP) is 3.16. The van der Waals surface area contributed by atoms with Gasteiger partial charge in [0.15, 0.2) is 15.6 Å². The van der Waals surface area contributed by atoms with Gasteiger partial charge in [-0.25, -0.2) is 8.42 Å². The van der Waals surface area contributed by atoms with Crippen molar-refractivity contribution in [2.24, 2.45) is 0 Å². The van der Waals surface area contributed by atoms with E-state index in [9.17, 15) is 13.2 Å². The van der Waals surface area contributed by atoms with Crippen molar-refractivity contribution in [2.75, 3.05) is 23.4 Å². The van der Waals surface area contributed by atoms with Crippen LogP contribution in [0.15, 0.2) is 42.5 Å². The summed E-state index contributed by atoms with van der Waals surface area (Å²) in [6.45, 7) is 1.96. The second-order valence-electron chi connectivity index (χ2n) is 6.58. The molecule has 2 N–H and O–H groups in total. The number of benzene rings is 2. The maximum Gasteiger partial charge on any atom is 0.239 e. The fraction of sp³-hybridized carbons (Fsp3) is 0.316. The summed E-state index contributed by atoms with van der Waals surface area (Å²) in [5, 5.41) is 6.26. The molecule has 27 heavy (non-hydrogen) atoms. The molecule has 0 saturated carbocycles. The molecular weight excluding hydrogens is 388 g/mol. The molecule has 2 aromatic rings. The van der Waals surface area contributed by atoms with Crippen molar-refractivity contribution in [1.29, 1.82) is 0 Å². The summed E-state index contributed by atoms with van der Waals surface area (Å²) in [5.74, 6) is 1.06. The van der Waals surface area contributed by atoms with Crippen LogP contribution in [0.3, 0.4) is 0 Å². The summed E-state index contributed by atoms with van der Waals surface area (Å²) in [6.07, 6.45) is 0.451. The summed E-state index contributed by atoms with van der Waals surface area (Å²) >= 11 is 6.07. The van der Waals surface area contributed by atoms with E-state index in [2.05, 4.69) is 10.6 Å². The monoisotopic (exact) mass is 408 g/mol. The fourth-order valence-corrected chi connectivity index (χ4v) is 4.74. The van der Waals surface area contributed by atoms with Gasteiger partial charge >= 0.3 is 0 Å². The van der Waals surface area contributed by atoms with Crippen LogP contribution in [0.2, 0.25) is 5.02 Å². The minimum absolute atomic E-state index is 0.00236. The van der Waals surface area contributed by atoms with E-state index < -0.39 is 9.84 Å². The van der Waals surface area contributed by atoms with Crippen molar-refractivity contribution in [3.63, 3.8) is 0 Å². The molecular formula is C19H21ClN2O4S. The van der Waals surface area contributed by atoms with Crippen LogP contribution >= 0.6 is 11.6 Å². The van der Waals surface area contributed by atoms with Gasteiger partial charge in [-0.05, 0) is 49.2 Å². The van der Waals surface area contributed by atoms with Crippen LogP contribution in [0.4, 0.5) is 5.69 Å². The molecule has 1 fully saturated rings. The normalized spacial score (nSPS) is 18.1. The molecule has 1 atom stereocenters. The molecule has 1 heterocycles. The Morgan fingerprint density at radius 2 is 2.07 bits per heavy atom. The zero-order chi connectivity index (χ0) is 19.4. The third-order valence-corrected chi connectivity index (χ3v) is 6.20. The number of amides is 1. The zero-order valence-electron chi connectivity index (χ0n) is 14.9. The first-order chi connectivity index (χ1) is 12.8. The number of carbonyl (C=O) groups is 1. The third kappa shape index (κ3) is 5.61. The number of rotatable bonds is 6. The second-order valence-corrected chi connectivity index (χ2v) is 9.25. The number of ether oxygens (including phenoxy) is 1. The number of hydrogen-bond donors (Lipinski definition) is 2. The lowest BCUT2D eigenvalue weighted by Gasteiger charge is -2.15. The highest BCUT2D eigenvalue weighted by molar-refractivity contribution is 7.91. The van der Waals surface area contributed by atoms with Crippen molar-refractivity contribution >= 4 is 33.0 Å². The highest BCUT2D eigenvalue weighted by Gasteiger charge is 2.28. The van der Waals surface area contributed by atoms with Crippen LogP contribution < -0.4 is 15.4 Å². The molecule has 1 aliphatic rings. The van der Waals surface area contributed by atoms with Gasteiger partial charge in [-0.15, -0.1) is 0 Å². The molecule has 6 nitrogen and oxygen atoms in total. The van der Waals surface area contributed by atoms with Crippen molar-refractivity contribution in [1.82, 2.24) is 5.32 Å². The summed E-state index contributed by atoms with van der Waals surface area (Å²) in [7, 11) is -3.03. The number of hydrogen-bond acceptors (Lipinski definition) is 5. The molecule has 8 heteroatoms. The molecule has 1 saturated heterocycles. The highest BCUT2D eigenvalue weighted by Crippen LogP contribution is 2.32. The Bertz CT molecular complexity index is 946. The summed E-state index contributed by atoms with van der Waals surface area (Å²) < 4.78 is 28.9. The molecule has 0 aromatic heterocycles. The first kappa shape index (κ1) is 19.5. The molecule has 0 aliphatic carbocycles. The number of sulfone groups is 1. The van der Waals surface area contributed by atoms with Crippen LogP contribution in [0.25, 0.3) is 0 Å². The summed E-state index contributed by atoms with van der Waals surface area (Å²) in [6, 6.07) is 12.4. The largest absolute Gasteiger partial charge is 0.455 e. The zero-order valence-corrected chi connectivity index (χ0v) is 16.4. The van der Waals surface area contributed by atoms with Crippen LogP contribution in [0, 0.1) is 6.92 Å². The summed E-state index contributed by atoms with van der Waals surface area (Å²) in [5.41, 5.74) is 1.65. The molecule has 0 unspecified atom stereocenters. The van der Waals surface area contributed by atoms with E-state index in [-0.39, 0.29) is 30.0 Å². The van der Waals surface area contributed by atoms with Gasteiger partial charge in [-0.2, -0.15) is 0 Å². The second kappa shape index (κ2) is 8.19. The SMILES string of the molecule is Cc1cccc(Oc2ccc(Cl)cc2NCC(=O)N[C@H]2CCS(=O)(=O)C2)c1. The van der Waals surface area contributed by atoms with E-state index in [0.29, 0.717) is 28.6 Å². The first-order valence-electron chi connectivity index (χ1n) is 8.58.